The van der Waals surface area contributed by atoms with E-state index >= 15 is 0 Å². The van der Waals surface area contributed by atoms with E-state index in [-0.39, 0.29) is 0 Å². The van der Waals surface area contributed by atoms with Gasteiger partial charge < -0.3 is 9.13 Å². The fraction of sp³-hybridized carbons (Fsp3) is 0. The second-order valence-electron chi connectivity index (χ2n) is 17.6. The number of aromatic nitrogens is 6. The van der Waals surface area contributed by atoms with Crippen LogP contribution in [0.25, 0.3) is 128 Å². The highest BCUT2D eigenvalue weighted by molar-refractivity contribution is 6.24. The van der Waals surface area contributed by atoms with Crippen molar-refractivity contribution >= 4 is 65.4 Å². The zero-order valence-electron chi connectivity index (χ0n) is 37.3. The molecule has 0 saturated carbocycles. The van der Waals surface area contributed by atoms with E-state index in [9.17, 15) is 0 Å². The van der Waals surface area contributed by atoms with Crippen LogP contribution in [0.4, 0.5) is 0 Å². The molecule has 0 aliphatic heterocycles. The van der Waals surface area contributed by atoms with Crippen LogP contribution in [0, 0.1) is 0 Å². The molecule has 0 aliphatic rings. The zero-order valence-corrected chi connectivity index (χ0v) is 37.3. The quantitative estimate of drug-likeness (QED) is 0.160. The summed E-state index contributed by atoms with van der Waals surface area (Å²) in [5.41, 5.74) is 15.1. The van der Waals surface area contributed by atoms with E-state index in [1.165, 1.54) is 27.3 Å². The summed E-state index contributed by atoms with van der Waals surface area (Å²) in [5, 5.41) is 6.95. The smallest absolute Gasteiger partial charge is 0.238 e. The van der Waals surface area contributed by atoms with Gasteiger partial charge in [0.05, 0.1) is 33.1 Å². The molecule has 0 saturated heterocycles. The Balaban J connectivity index is 1.10. The van der Waals surface area contributed by atoms with E-state index in [4.69, 9.17) is 15.0 Å². The lowest BCUT2D eigenvalue weighted by molar-refractivity contribution is 0.953. The van der Waals surface area contributed by atoms with Crippen LogP contribution in [0.15, 0.2) is 243 Å². The van der Waals surface area contributed by atoms with Crippen molar-refractivity contribution in [3.8, 4) is 62.4 Å². The van der Waals surface area contributed by atoms with Gasteiger partial charge >= 0.3 is 0 Å². The molecule has 0 aliphatic carbocycles. The Hall–Kier alpha value is -9.39. The molecule has 0 unspecified atom stereocenters. The fourth-order valence-electron chi connectivity index (χ4n) is 10.6. The minimum atomic E-state index is 0.539. The minimum Gasteiger partial charge on any atom is -0.309 e. The Kier molecular flexibility index (Phi) is 8.79. The first kappa shape index (κ1) is 38.8. The molecule has 0 fully saturated rings. The van der Waals surface area contributed by atoms with Gasteiger partial charge in [0, 0.05) is 54.8 Å². The van der Waals surface area contributed by atoms with Crippen molar-refractivity contribution in [3.05, 3.63) is 243 Å². The third-order valence-electron chi connectivity index (χ3n) is 13.7. The molecule has 10 aromatic carbocycles. The largest absolute Gasteiger partial charge is 0.309 e. The summed E-state index contributed by atoms with van der Waals surface area (Å²) in [6.45, 7) is 0. The second-order valence-corrected chi connectivity index (χ2v) is 17.6. The highest BCUT2D eigenvalue weighted by Crippen LogP contribution is 2.43. The molecule has 6 nitrogen and oxygen atoms in total. The van der Waals surface area contributed by atoms with Gasteiger partial charge in [-0.2, -0.15) is 9.97 Å². The van der Waals surface area contributed by atoms with Crippen LogP contribution >= 0.6 is 0 Å². The van der Waals surface area contributed by atoms with E-state index in [1.807, 2.05) is 24.3 Å². The van der Waals surface area contributed by atoms with Gasteiger partial charge in [-0.05, 0) is 76.9 Å². The lowest BCUT2D eigenvalue weighted by atomic mass is 10.0. The number of para-hydroxylation sites is 3. The van der Waals surface area contributed by atoms with E-state index < -0.39 is 0 Å². The fourth-order valence-corrected chi connectivity index (χ4v) is 10.6. The third-order valence-corrected chi connectivity index (χ3v) is 13.7. The summed E-state index contributed by atoms with van der Waals surface area (Å²) in [7, 11) is 0. The van der Waals surface area contributed by atoms with Gasteiger partial charge in [-0.25, -0.2) is 4.98 Å². The number of benzene rings is 10. The van der Waals surface area contributed by atoms with Crippen molar-refractivity contribution in [1.29, 1.82) is 0 Å². The van der Waals surface area contributed by atoms with Crippen molar-refractivity contribution < 1.29 is 0 Å². The SMILES string of the molecule is c1ccc(-c2ccc(-n3c4ccccc4c4ccc5c6cc(-n7c8ccccc8c8ccccc87)ccc6n(-c6nc(-c7ccccc7)nc(-c7cccc(-c8ccccc8)c7)n6)c5c43)cc2)cc1. The van der Waals surface area contributed by atoms with Crippen molar-refractivity contribution in [2.75, 3.05) is 0 Å². The van der Waals surface area contributed by atoms with Crippen molar-refractivity contribution in [2.24, 2.45) is 0 Å². The maximum absolute atomic E-state index is 5.50. The molecule has 0 bridgehead atoms. The Labute approximate surface area is 397 Å². The Morgan fingerprint density at radius 1 is 0.232 bits per heavy atom. The van der Waals surface area contributed by atoms with Crippen LogP contribution in [-0.4, -0.2) is 28.7 Å². The van der Waals surface area contributed by atoms with Gasteiger partial charge in [0.1, 0.15) is 0 Å². The van der Waals surface area contributed by atoms with E-state index in [0.717, 1.165) is 82.9 Å². The maximum atomic E-state index is 5.50. The summed E-state index contributed by atoms with van der Waals surface area (Å²) >= 11 is 0. The highest BCUT2D eigenvalue weighted by Gasteiger charge is 2.25. The van der Waals surface area contributed by atoms with Crippen LogP contribution in [0.3, 0.4) is 0 Å². The van der Waals surface area contributed by atoms with Crippen LogP contribution in [0.5, 0.6) is 0 Å². The number of nitrogens with zero attached hydrogens (tertiary/aromatic N) is 6. The molecule has 4 heterocycles. The topological polar surface area (TPSA) is 53.5 Å². The van der Waals surface area contributed by atoms with Gasteiger partial charge in [0.25, 0.3) is 0 Å². The second kappa shape index (κ2) is 15.6. The zero-order chi connectivity index (χ0) is 45.4. The van der Waals surface area contributed by atoms with Gasteiger partial charge in [0.2, 0.25) is 5.95 Å². The van der Waals surface area contributed by atoms with Crippen molar-refractivity contribution in [3.63, 3.8) is 0 Å². The molecule has 0 spiro atoms. The molecule has 0 atom stereocenters. The van der Waals surface area contributed by atoms with Gasteiger partial charge in [0.15, 0.2) is 11.6 Å². The summed E-state index contributed by atoms with van der Waals surface area (Å²) in [6, 6.07) is 86.3. The number of hydrogen-bond donors (Lipinski definition) is 0. The van der Waals surface area contributed by atoms with Gasteiger partial charge in [-0.15, -0.1) is 0 Å². The molecule has 0 amide bonds. The molecule has 4 aromatic heterocycles. The molecular weight excluding hydrogens is 841 g/mol. The van der Waals surface area contributed by atoms with Gasteiger partial charge in [-0.1, -0.05) is 188 Å². The van der Waals surface area contributed by atoms with Crippen LogP contribution in [-0.2, 0) is 0 Å². The molecule has 322 valence electrons. The molecule has 0 radical (unpaired) electrons. The number of rotatable bonds is 7. The molecule has 0 N–H and O–H groups in total. The summed E-state index contributed by atoms with van der Waals surface area (Å²) in [5.74, 6) is 1.73. The minimum absolute atomic E-state index is 0.539. The molecule has 14 rings (SSSR count). The normalized spacial score (nSPS) is 11.8. The number of fused-ring (bicyclic) bond motifs is 10. The highest BCUT2D eigenvalue weighted by atomic mass is 15.2. The van der Waals surface area contributed by atoms with E-state index in [0.29, 0.717) is 17.6 Å². The molecule has 6 heteroatoms. The van der Waals surface area contributed by atoms with E-state index in [1.54, 1.807) is 0 Å². The Morgan fingerprint density at radius 3 is 1.30 bits per heavy atom. The average molecular weight is 881 g/mol. The van der Waals surface area contributed by atoms with Gasteiger partial charge in [-0.3, -0.25) is 4.57 Å². The van der Waals surface area contributed by atoms with Crippen LogP contribution < -0.4 is 0 Å². The third kappa shape index (κ3) is 6.23. The van der Waals surface area contributed by atoms with Crippen molar-refractivity contribution in [1.82, 2.24) is 28.7 Å². The van der Waals surface area contributed by atoms with Crippen LogP contribution in [0.2, 0.25) is 0 Å². The van der Waals surface area contributed by atoms with Crippen LogP contribution in [0.1, 0.15) is 0 Å². The predicted octanol–water partition coefficient (Wildman–Crippen LogP) is 15.8. The lowest BCUT2D eigenvalue weighted by Crippen LogP contribution is -2.07. The van der Waals surface area contributed by atoms with E-state index in [2.05, 4.69) is 232 Å². The first-order valence-corrected chi connectivity index (χ1v) is 23.4. The summed E-state index contributed by atoms with van der Waals surface area (Å²) in [6.07, 6.45) is 0. The number of hydrogen-bond acceptors (Lipinski definition) is 3. The first-order valence-electron chi connectivity index (χ1n) is 23.4. The summed E-state index contributed by atoms with van der Waals surface area (Å²) < 4.78 is 7.11. The Bertz CT molecular complexity index is 4230. The Morgan fingerprint density at radius 2 is 0.667 bits per heavy atom. The maximum Gasteiger partial charge on any atom is 0.238 e. The average Bonchev–Trinajstić information content (AvgIpc) is 4.07. The molecular formula is C63H40N6. The molecule has 14 aromatic rings. The monoisotopic (exact) mass is 880 g/mol. The predicted molar refractivity (Wildman–Crippen MR) is 285 cm³/mol. The lowest BCUT2D eigenvalue weighted by Gasteiger charge is -2.14. The van der Waals surface area contributed by atoms with Crippen molar-refractivity contribution in [2.45, 2.75) is 0 Å². The standard InChI is InChI=1S/C63H40N6/c1-4-17-41(18-5-1)43-31-33-47(34-32-43)68-57-30-15-12-27-51(57)52-36-37-53-54-40-48(67-55-28-13-10-25-49(55)50-26-11-14-29-56(50)67)35-38-58(54)69(60(53)59(52)68)63-65-61(44-21-8-3-9-22-44)64-62(66-63)46-24-16-23-45(39-46)42-19-6-2-7-20-42/h1-40H. The first-order chi connectivity index (χ1) is 34.2. The molecule has 69 heavy (non-hydrogen) atoms. The summed E-state index contributed by atoms with van der Waals surface area (Å²) in [4.78, 5) is 16.2.